The van der Waals surface area contributed by atoms with E-state index in [0.717, 1.165) is 17.3 Å². The van der Waals surface area contributed by atoms with Crippen LogP contribution in [0.2, 0.25) is 0 Å². The Morgan fingerprint density at radius 3 is 3.00 bits per heavy atom. The molecule has 4 heteroatoms. The number of aryl methyl sites for hydroxylation is 2. The topological polar surface area (TPSA) is 50.9 Å². The van der Waals surface area contributed by atoms with E-state index in [9.17, 15) is 0 Å². The van der Waals surface area contributed by atoms with E-state index < -0.39 is 0 Å². The number of hydrazine groups is 1. The fourth-order valence-corrected chi connectivity index (χ4v) is 3.32. The Balaban J connectivity index is 1.97. The van der Waals surface area contributed by atoms with E-state index in [1.807, 2.05) is 12.3 Å². The third-order valence-corrected chi connectivity index (χ3v) is 5.01. The molecule has 1 aromatic carbocycles. The lowest BCUT2D eigenvalue weighted by Gasteiger charge is -2.24. The van der Waals surface area contributed by atoms with Gasteiger partial charge >= 0.3 is 0 Å². The molecule has 104 valence electrons. The predicted molar refractivity (Wildman–Crippen MR) is 84.2 cm³/mol. The highest BCUT2D eigenvalue weighted by molar-refractivity contribution is 9.10. The van der Waals surface area contributed by atoms with E-state index >= 15 is 0 Å². The number of benzene rings is 1. The summed E-state index contributed by atoms with van der Waals surface area (Å²) in [4.78, 5) is 4.57. The van der Waals surface area contributed by atoms with Gasteiger partial charge in [-0.2, -0.15) is 0 Å². The minimum atomic E-state index is 0.109. The van der Waals surface area contributed by atoms with E-state index in [1.165, 1.54) is 22.4 Å². The molecule has 1 heterocycles. The summed E-state index contributed by atoms with van der Waals surface area (Å²) in [6, 6.07) is 10.7. The third kappa shape index (κ3) is 2.39. The Morgan fingerprint density at radius 1 is 1.40 bits per heavy atom. The Hall–Kier alpha value is -1.23. The van der Waals surface area contributed by atoms with Crippen molar-refractivity contribution in [3.8, 4) is 0 Å². The summed E-state index contributed by atoms with van der Waals surface area (Å²) in [5, 5.41) is 0. The van der Waals surface area contributed by atoms with E-state index in [0.29, 0.717) is 5.92 Å². The normalized spacial score (nSPS) is 18.9. The molecule has 0 aliphatic heterocycles. The lowest BCUT2D eigenvalue weighted by Crippen LogP contribution is -2.32. The maximum absolute atomic E-state index is 5.84. The zero-order chi connectivity index (χ0) is 14.1. The van der Waals surface area contributed by atoms with Crippen molar-refractivity contribution in [3.63, 3.8) is 0 Å². The monoisotopic (exact) mass is 331 g/mol. The summed E-state index contributed by atoms with van der Waals surface area (Å²) in [5.74, 6) is 6.18. The Kier molecular flexibility index (Phi) is 3.87. The van der Waals surface area contributed by atoms with Gasteiger partial charge in [-0.25, -0.2) is 0 Å². The van der Waals surface area contributed by atoms with Crippen molar-refractivity contribution in [3.05, 3.63) is 63.4 Å². The van der Waals surface area contributed by atoms with Crippen LogP contribution in [0, 0.1) is 6.92 Å². The van der Waals surface area contributed by atoms with Crippen molar-refractivity contribution in [2.45, 2.75) is 31.7 Å². The summed E-state index contributed by atoms with van der Waals surface area (Å²) >= 11 is 3.55. The average Bonchev–Trinajstić information content (AvgIpc) is 2.88. The first kappa shape index (κ1) is 13.7. The number of halogens is 1. The highest BCUT2D eigenvalue weighted by atomic mass is 79.9. The van der Waals surface area contributed by atoms with Gasteiger partial charge in [0, 0.05) is 22.3 Å². The number of nitrogens with zero attached hydrogens (tertiary/aromatic N) is 1. The van der Waals surface area contributed by atoms with Crippen molar-refractivity contribution >= 4 is 15.9 Å². The van der Waals surface area contributed by atoms with Gasteiger partial charge in [0.05, 0.1) is 6.04 Å². The highest BCUT2D eigenvalue weighted by Crippen LogP contribution is 2.40. The van der Waals surface area contributed by atoms with E-state index in [2.05, 4.69) is 57.5 Å². The molecule has 3 N–H and O–H groups in total. The van der Waals surface area contributed by atoms with Gasteiger partial charge in [0.1, 0.15) is 0 Å². The van der Waals surface area contributed by atoms with Gasteiger partial charge in [0.15, 0.2) is 0 Å². The summed E-state index contributed by atoms with van der Waals surface area (Å²) in [6.07, 6.45) is 4.05. The SMILES string of the molecule is Cc1cc(C(NN)C2CCc3cccnc32)ccc1Br. The van der Waals surface area contributed by atoms with Crippen LogP contribution in [0.3, 0.4) is 0 Å². The molecule has 0 saturated carbocycles. The van der Waals surface area contributed by atoms with Crippen LogP contribution in [0.15, 0.2) is 41.0 Å². The van der Waals surface area contributed by atoms with Gasteiger partial charge in [-0.3, -0.25) is 16.3 Å². The Labute approximate surface area is 127 Å². The second kappa shape index (κ2) is 5.64. The number of aromatic nitrogens is 1. The zero-order valence-electron chi connectivity index (χ0n) is 11.4. The lowest BCUT2D eigenvalue weighted by atomic mass is 9.90. The molecule has 2 aromatic rings. The maximum atomic E-state index is 5.84. The number of pyridine rings is 1. The zero-order valence-corrected chi connectivity index (χ0v) is 13.0. The molecule has 0 spiro atoms. The van der Waals surface area contributed by atoms with Gasteiger partial charge in [-0.05, 0) is 48.6 Å². The molecule has 1 aliphatic rings. The molecular formula is C16H18BrN3. The highest BCUT2D eigenvalue weighted by Gasteiger charge is 2.31. The molecule has 0 bridgehead atoms. The van der Waals surface area contributed by atoms with Gasteiger partial charge in [-0.1, -0.05) is 34.1 Å². The standard InChI is InChI=1S/C16H18BrN3/c1-10-9-12(5-7-14(10)17)16(20-18)13-6-4-11-3-2-8-19-15(11)13/h2-3,5,7-9,13,16,20H,4,6,18H2,1H3. The molecule has 1 aliphatic carbocycles. The minimum absolute atomic E-state index is 0.109. The molecule has 3 rings (SSSR count). The van der Waals surface area contributed by atoms with Crippen LogP contribution in [0.25, 0.3) is 0 Å². The van der Waals surface area contributed by atoms with E-state index in [-0.39, 0.29) is 6.04 Å². The minimum Gasteiger partial charge on any atom is -0.271 e. The number of hydrogen-bond donors (Lipinski definition) is 2. The van der Waals surface area contributed by atoms with Gasteiger partial charge in [0.2, 0.25) is 0 Å². The molecule has 1 aromatic heterocycles. The molecule has 0 radical (unpaired) electrons. The lowest BCUT2D eigenvalue weighted by molar-refractivity contribution is 0.447. The smallest absolute Gasteiger partial charge is 0.0543 e. The average molecular weight is 332 g/mol. The summed E-state index contributed by atoms with van der Waals surface area (Å²) in [6.45, 7) is 2.10. The Morgan fingerprint density at radius 2 is 2.25 bits per heavy atom. The Bertz CT molecular complexity index is 627. The van der Waals surface area contributed by atoms with Crippen LogP contribution in [0.5, 0.6) is 0 Å². The first-order valence-electron chi connectivity index (χ1n) is 6.86. The second-order valence-corrected chi connectivity index (χ2v) is 6.20. The maximum Gasteiger partial charge on any atom is 0.0543 e. The molecule has 0 amide bonds. The van der Waals surface area contributed by atoms with Crippen molar-refractivity contribution in [1.82, 2.24) is 10.4 Å². The summed E-state index contributed by atoms with van der Waals surface area (Å²) in [7, 11) is 0. The number of nitrogens with one attached hydrogen (secondary N) is 1. The second-order valence-electron chi connectivity index (χ2n) is 5.35. The predicted octanol–water partition coefficient (Wildman–Crippen LogP) is 3.39. The quantitative estimate of drug-likeness (QED) is 0.669. The fourth-order valence-electron chi connectivity index (χ4n) is 3.07. The first-order chi connectivity index (χ1) is 9.70. The third-order valence-electron chi connectivity index (χ3n) is 4.13. The molecule has 0 saturated heterocycles. The first-order valence-corrected chi connectivity index (χ1v) is 7.66. The van der Waals surface area contributed by atoms with Crippen LogP contribution in [-0.4, -0.2) is 4.98 Å². The van der Waals surface area contributed by atoms with Crippen LogP contribution in [0.4, 0.5) is 0 Å². The van der Waals surface area contributed by atoms with Gasteiger partial charge in [-0.15, -0.1) is 0 Å². The molecule has 0 fully saturated rings. The molecule has 2 unspecified atom stereocenters. The van der Waals surface area contributed by atoms with E-state index in [4.69, 9.17) is 5.84 Å². The van der Waals surface area contributed by atoms with Crippen molar-refractivity contribution in [2.24, 2.45) is 5.84 Å². The van der Waals surface area contributed by atoms with Crippen molar-refractivity contribution in [2.75, 3.05) is 0 Å². The molecular weight excluding hydrogens is 314 g/mol. The molecule has 2 atom stereocenters. The summed E-state index contributed by atoms with van der Waals surface area (Å²) in [5.41, 5.74) is 7.98. The number of hydrogen-bond acceptors (Lipinski definition) is 3. The largest absolute Gasteiger partial charge is 0.271 e. The van der Waals surface area contributed by atoms with Crippen LogP contribution >= 0.6 is 15.9 Å². The van der Waals surface area contributed by atoms with Crippen molar-refractivity contribution in [1.29, 1.82) is 0 Å². The van der Waals surface area contributed by atoms with Gasteiger partial charge < -0.3 is 0 Å². The number of fused-ring (bicyclic) bond motifs is 1. The number of rotatable bonds is 3. The van der Waals surface area contributed by atoms with E-state index in [1.54, 1.807) is 0 Å². The fraction of sp³-hybridized carbons (Fsp3) is 0.312. The number of nitrogens with two attached hydrogens (primary N) is 1. The molecule has 20 heavy (non-hydrogen) atoms. The van der Waals surface area contributed by atoms with Crippen LogP contribution < -0.4 is 11.3 Å². The molecule has 3 nitrogen and oxygen atoms in total. The van der Waals surface area contributed by atoms with Crippen molar-refractivity contribution < 1.29 is 0 Å². The van der Waals surface area contributed by atoms with Crippen LogP contribution in [-0.2, 0) is 6.42 Å². The van der Waals surface area contributed by atoms with Gasteiger partial charge in [0.25, 0.3) is 0 Å². The van der Waals surface area contributed by atoms with Crippen LogP contribution in [0.1, 0.15) is 40.8 Å². The summed E-state index contributed by atoms with van der Waals surface area (Å²) < 4.78 is 1.13.